The summed E-state index contributed by atoms with van der Waals surface area (Å²) < 4.78 is 6.02. The molecule has 0 amide bonds. The minimum atomic E-state index is -0.166. The number of rotatable bonds is 6. The maximum atomic E-state index is 12.1. The lowest BCUT2D eigenvalue weighted by atomic mass is 10.1. The Morgan fingerprint density at radius 2 is 1.77 bits per heavy atom. The van der Waals surface area contributed by atoms with E-state index in [0.717, 1.165) is 40.7 Å². The SMILES string of the molecule is CCCSC(=O)c1ccc2cc(OC(C)(C)CC)ccc2c1. The molecule has 0 saturated carbocycles. The molecule has 22 heavy (non-hydrogen) atoms. The van der Waals surface area contributed by atoms with E-state index in [1.165, 1.54) is 11.8 Å². The molecule has 0 atom stereocenters. The molecule has 0 spiro atoms. The van der Waals surface area contributed by atoms with E-state index in [9.17, 15) is 4.79 Å². The number of carbonyl (C=O) groups excluding carboxylic acids is 1. The lowest BCUT2D eigenvalue weighted by Crippen LogP contribution is -2.26. The lowest BCUT2D eigenvalue weighted by Gasteiger charge is -2.25. The number of hydrogen-bond donors (Lipinski definition) is 0. The molecule has 0 aromatic heterocycles. The molecule has 0 saturated heterocycles. The van der Waals surface area contributed by atoms with E-state index in [4.69, 9.17) is 4.74 Å². The molecule has 0 aliphatic carbocycles. The molecule has 0 N–H and O–H groups in total. The molecule has 0 unspecified atom stereocenters. The zero-order valence-electron chi connectivity index (χ0n) is 13.8. The summed E-state index contributed by atoms with van der Waals surface area (Å²) in [7, 11) is 0. The van der Waals surface area contributed by atoms with E-state index in [2.05, 4.69) is 27.7 Å². The molecule has 2 rings (SSSR count). The minimum Gasteiger partial charge on any atom is -0.488 e. The fourth-order valence-corrected chi connectivity index (χ4v) is 2.77. The summed E-state index contributed by atoms with van der Waals surface area (Å²) >= 11 is 1.39. The highest BCUT2D eigenvalue weighted by Gasteiger charge is 2.17. The molecule has 0 heterocycles. The Hall–Kier alpha value is -1.48. The molecular formula is C19H24O2S. The van der Waals surface area contributed by atoms with Crippen LogP contribution in [0.3, 0.4) is 0 Å². The fourth-order valence-electron chi connectivity index (χ4n) is 2.08. The molecule has 0 radical (unpaired) electrons. The Morgan fingerprint density at radius 3 is 2.45 bits per heavy atom. The van der Waals surface area contributed by atoms with E-state index < -0.39 is 0 Å². The molecule has 3 heteroatoms. The van der Waals surface area contributed by atoms with Gasteiger partial charge in [0.25, 0.3) is 0 Å². The van der Waals surface area contributed by atoms with Crippen molar-refractivity contribution in [3.05, 3.63) is 42.0 Å². The van der Waals surface area contributed by atoms with Crippen LogP contribution < -0.4 is 4.74 Å². The molecule has 118 valence electrons. The summed E-state index contributed by atoms with van der Waals surface area (Å²) in [6.07, 6.45) is 1.96. The summed E-state index contributed by atoms with van der Waals surface area (Å²) in [5.41, 5.74) is 0.605. The predicted octanol–water partition coefficient (Wildman–Crippen LogP) is 5.69. The molecule has 0 bridgehead atoms. The molecular weight excluding hydrogens is 292 g/mol. The Labute approximate surface area is 137 Å². The van der Waals surface area contributed by atoms with Gasteiger partial charge in [0.2, 0.25) is 5.12 Å². The fraction of sp³-hybridized carbons (Fsp3) is 0.421. The first kappa shape index (κ1) is 16.9. The number of hydrogen-bond acceptors (Lipinski definition) is 3. The van der Waals surface area contributed by atoms with Gasteiger partial charge in [0.1, 0.15) is 11.4 Å². The number of carbonyl (C=O) groups is 1. The van der Waals surface area contributed by atoms with Gasteiger partial charge in [-0.3, -0.25) is 4.79 Å². The van der Waals surface area contributed by atoms with E-state index in [1.807, 2.05) is 36.4 Å². The van der Waals surface area contributed by atoms with Crippen LogP contribution in [0.2, 0.25) is 0 Å². The average Bonchev–Trinajstić information content (AvgIpc) is 2.51. The van der Waals surface area contributed by atoms with Gasteiger partial charge in [-0.05, 0) is 61.7 Å². The highest BCUT2D eigenvalue weighted by molar-refractivity contribution is 8.14. The van der Waals surface area contributed by atoms with Crippen LogP contribution in [0.4, 0.5) is 0 Å². The molecule has 2 nitrogen and oxygen atoms in total. The molecule has 0 aliphatic rings. The molecule has 2 aromatic rings. The number of thioether (sulfide) groups is 1. The van der Waals surface area contributed by atoms with Crippen LogP contribution in [0.1, 0.15) is 50.9 Å². The summed E-state index contributed by atoms with van der Waals surface area (Å²) in [5.74, 6) is 1.74. The van der Waals surface area contributed by atoms with Crippen molar-refractivity contribution >= 4 is 27.6 Å². The summed E-state index contributed by atoms with van der Waals surface area (Å²) in [6, 6.07) is 11.9. The third-order valence-electron chi connectivity index (χ3n) is 3.73. The van der Waals surface area contributed by atoms with Crippen LogP contribution in [-0.4, -0.2) is 16.5 Å². The maximum Gasteiger partial charge on any atom is 0.219 e. The van der Waals surface area contributed by atoms with Crippen molar-refractivity contribution in [2.45, 2.75) is 46.1 Å². The summed E-state index contributed by atoms with van der Waals surface area (Å²) in [6.45, 7) is 8.38. The second kappa shape index (κ2) is 7.19. The molecule has 0 aliphatic heterocycles. The van der Waals surface area contributed by atoms with Crippen LogP contribution in [0.25, 0.3) is 10.8 Å². The largest absolute Gasteiger partial charge is 0.488 e. The van der Waals surface area contributed by atoms with Crippen LogP contribution in [0.15, 0.2) is 36.4 Å². The Morgan fingerprint density at radius 1 is 1.09 bits per heavy atom. The topological polar surface area (TPSA) is 26.3 Å². The van der Waals surface area contributed by atoms with E-state index in [1.54, 1.807) is 0 Å². The smallest absolute Gasteiger partial charge is 0.219 e. The van der Waals surface area contributed by atoms with Gasteiger partial charge < -0.3 is 4.74 Å². The van der Waals surface area contributed by atoms with Crippen molar-refractivity contribution in [1.82, 2.24) is 0 Å². The average molecular weight is 316 g/mol. The van der Waals surface area contributed by atoms with Gasteiger partial charge in [0, 0.05) is 11.3 Å². The van der Waals surface area contributed by atoms with Crippen LogP contribution >= 0.6 is 11.8 Å². The highest BCUT2D eigenvalue weighted by atomic mass is 32.2. The summed E-state index contributed by atoms with van der Waals surface area (Å²) in [4.78, 5) is 12.1. The predicted molar refractivity (Wildman–Crippen MR) is 96.0 cm³/mol. The van der Waals surface area contributed by atoms with Gasteiger partial charge in [-0.25, -0.2) is 0 Å². The van der Waals surface area contributed by atoms with Gasteiger partial charge >= 0.3 is 0 Å². The second-order valence-electron chi connectivity index (χ2n) is 6.07. The van der Waals surface area contributed by atoms with E-state index in [0.29, 0.717) is 0 Å². The first-order valence-corrected chi connectivity index (χ1v) is 8.83. The summed E-state index contributed by atoms with van der Waals surface area (Å²) in [5, 5.41) is 2.32. The van der Waals surface area contributed by atoms with Crippen molar-refractivity contribution in [2.24, 2.45) is 0 Å². The molecule has 2 aromatic carbocycles. The highest BCUT2D eigenvalue weighted by Crippen LogP contribution is 2.27. The first-order valence-electron chi connectivity index (χ1n) is 7.85. The van der Waals surface area contributed by atoms with Crippen molar-refractivity contribution in [3.8, 4) is 5.75 Å². The zero-order valence-corrected chi connectivity index (χ0v) is 14.6. The second-order valence-corrected chi connectivity index (χ2v) is 7.14. The number of benzene rings is 2. The van der Waals surface area contributed by atoms with Crippen LogP contribution in [0.5, 0.6) is 5.75 Å². The molecule has 0 fully saturated rings. The maximum absolute atomic E-state index is 12.1. The number of ether oxygens (including phenoxy) is 1. The standard InChI is InChI=1S/C19H24O2S/c1-5-11-22-18(20)16-8-7-15-13-17(10-9-14(15)12-16)21-19(3,4)6-2/h7-10,12-13H,5-6,11H2,1-4H3. The third-order valence-corrected chi connectivity index (χ3v) is 4.84. The lowest BCUT2D eigenvalue weighted by molar-refractivity contribution is 0.105. The zero-order chi connectivity index (χ0) is 16.2. The quantitative estimate of drug-likeness (QED) is 0.684. The number of fused-ring (bicyclic) bond motifs is 1. The van der Waals surface area contributed by atoms with E-state index in [-0.39, 0.29) is 10.7 Å². The third kappa shape index (κ3) is 4.26. The Balaban J connectivity index is 2.23. The van der Waals surface area contributed by atoms with Crippen molar-refractivity contribution in [3.63, 3.8) is 0 Å². The Kier molecular flexibility index (Phi) is 5.52. The minimum absolute atomic E-state index is 0.149. The van der Waals surface area contributed by atoms with Gasteiger partial charge in [-0.15, -0.1) is 0 Å². The van der Waals surface area contributed by atoms with Gasteiger partial charge in [-0.1, -0.05) is 37.7 Å². The Bertz CT molecular complexity index is 662. The monoisotopic (exact) mass is 316 g/mol. The van der Waals surface area contributed by atoms with Crippen molar-refractivity contribution in [1.29, 1.82) is 0 Å². The van der Waals surface area contributed by atoms with Crippen molar-refractivity contribution in [2.75, 3.05) is 5.75 Å². The van der Waals surface area contributed by atoms with Gasteiger partial charge in [0.05, 0.1) is 0 Å². The normalized spacial score (nSPS) is 11.6. The van der Waals surface area contributed by atoms with E-state index >= 15 is 0 Å². The van der Waals surface area contributed by atoms with Crippen LogP contribution in [0, 0.1) is 0 Å². The first-order chi connectivity index (χ1) is 10.4. The van der Waals surface area contributed by atoms with Gasteiger partial charge in [-0.2, -0.15) is 0 Å². The van der Waals surface area contributed by atoms with Crippen LogP contribution in [-0.2, 0) is 0 Å². The van der Waals surface area contributed by atoms with Crippen molar-refractivity contribution < 1.29 is 9.53 Å². The van der Waals surface area contributed by atoms with Gasteiger partial charge in [0.15, 0.2) is 0 Å².